The molecule has 4 heteroatoms. The second kappa shape index (κ2) is 4.55. The fourth-order valence-electron chi connectivity index (χ4n) is 2.28. The summed E-state index contributed by atoms with van der Waals surface area (Å²) >= 11 is 1.27. The number of fused-ring (bicyclic) bond motifs is 1. The molecule has 0 saturated heterocycles. The van der Waals surface area contributed by atoms with Gasteiger partial charge in [-0.25, -0.2) is 4.68 Å². The highest BCUT2D eigenvalue weighted by Gasteiger charge is 2.13. The zero-order valence-corrected chi connectivity index (χ0v) is 10.4. The Bertz CT molecular complexity index is 492. The summed E-state index contributed by atoms with van der Waals surface area (Å²) < 4.78 is 1.99. The van der Waals surface area contributed by atoms with Crippen molar-refractivity contribution in [2.45, 2.75) is 30.6 Å². The lowest BCUT2D eigenvalue weighted by Crippen LogP contribution is -2.00. The SMILES string of the molecule is NSc1ccc(-n2cc3c(n2)CCCC3)cc1. The summed E-state index contributed by atoms with van der Waals surface area (Å²) in [6.07, 6.45) is 7.03. The van der Waals surface area contributed by atoms with Gasteiger partial charge in [-0.15, -0.1) is 0 Å². The summed E-state index contributed by atoms with van der Waals surface area (Å²) in [4.78, 5) is 1.07. The van der Waals surface area contributed by atoms with Crippen LogP contribution in [0.2, 0.25) is 0 Å². The van der Waals surface area contributed by atoms with Crippen LogP contribution in [0.1, 0.15) is 24.1 Å². The molecule has 0 aliphatic heterocycles. The van der Waals surface area contributed by atoms with Gasteiger partial charge in [0.25, 0.3) is 0 Å². The second-order valence-electron chi connectivity index (χ2n) is 4.36. The number of aryl methyl sites for hydroxylation is 2. The summed E-state index contributed by atoms with van der Waals surface area (Å²) in [5, 5.41) is 10.2. The van der Waals surface area contributed by atoms with Gasteiger partial charge in [0, 0.05) is 11.1 Å². The van der Waals surface area contributed by atoms with Crippen LogP contribution in [0.3, 0.4) is 0 Å². The fourth-order valence-corrected chi connectivity index (χ4v) is 2.58. The van der Waals surface area contributed by atoms with Crippen molar-refractivity contribution in [2.24, 2.45) is 5.14 Å². The molecule has 0 amide bonds. The van der Waals surface area contributed by atoms with Crippen molar-refractivity contribution in [3.8, 4) is 5.69 Å². The van der Waals surface area contributed by atoms with Gasteiger partial charge in [0.15, 0.2) is 0 Å². The molecule has 2 N–H and O–H groups in total. The van der Waals surface area contributed by atoms with E-state index in [1.807, 2.05) is 16.8 Å². The summed E-state index contributed by atoms with van der Waals surface area (Å²) in [5.41, 5.74) is 3.79. The van der Waals surface area contributed by atoms with Crippen molar-refractivity contribution in [1.82, 2.24) is 9.78 Å². The van der Waals surface area contributed by atoms with Gasteiger partial charge in [-0.2, -0.15) is 5.10 Å². The Morgan fingerprint density at radius 3 is 2.59 bits per heavy atom. The van der Waals surface area contributed by atoms with Crippen LogP contribution in [0, 0.1) is 0 Å². The third-order valence-electron chi connectivity index (χ3n) is 3.22. The second-order valence-corrected chi connectivity index (χ2v) is 5.07. The maximum absolute atomic E-state index is 5.51. The van der Waals surface area contributed by atoms with Gasteiger partial charge in [-0.1, -0.05) is 0 Å². The Labute approximate surface area is 105 Å². The molecule has 88 valence electrons. The zero-order valence-electron chi connectivity index (χ0n) is 9.60. The highest BCUT2D eigenvalue weighted by Crippen LogP contribution is 2.22. The lowest BCUT2D eigenvalue weighted by molar-refractivity contribution is 0.671. The molecule has 1 aliphatic carbocycles. The first kappa shape index (κ1) is 10.9. The van der Waals surface area contributed by atoms with Crippen LogP contribution in [0.4, 0.5) is 0 Å². The summed E-state index contributed by atoms with van der Waals surface area (Å²) in [6, 6.07) is 8.18. The van der Waals surface area contributed by atoms with Crippen molar-refractivity contribution in [1.29, 1.82) is 0 Å². The molecule has 0 unspecified atom stereocenters. The minimum Gasteiger partial charge on any atom is -0.274 e. The van der Waals surface area contributed by atoms with Crippen molar-refractivity contribution >= 4 is 11.9 Å². The van der Waals surface area contributed by atoms with Gasteiger partial charge in [0.1, 0.15) is 0 Å². The molecular formula is C13H15N3S. The first-order chi connectivity index (χ1) is 8.36. The van der Waals surface area contributed by atoms with Crippen molar-refractivity contribution in [2.75, 3.05) is 0 Å². The van der Waals surface area contributed by atoms with E-state index in [1.54, 1.807) is 0 Å². The van der Waals surface area contributed by atoms with E-state index in [0.717, 1.165) is 17.0 Å². The van der Waals surface area contributed by atoms with Crippen LogP contribution in [-0.2, 0) is 12.8 Å². The standard InChI is InChI=1S/C13H15N3S/c14-17-12-7-5-11(6-8-12)16-9-10-3-1-2-4-13(10)15-16/h5-9H,1-4,14H2. The summed E-state index contributed by atoms with van der Waals surface area (Å²) in [5.74, 6) is 0. The third kappa shape index (κ3) is 2.10. The predicted octanol–water partition coefficient (Wildman–Crippen LogP) is 2.72. The number of nitrogens with two attached hydrogens (primary N) is 1. The Balaban J connectivity index is 1.94. The third-order valence-corrected chi connectivity index (χ3v) is 3.77. The largest absolute Gasteiger partial charge is 0.274 e. The van der Waals surface area contributed by atoms with Crippen molar-refractivity contribution in [3.05, 3.63) is 41.7 Å². The number of rotatable bonds is 2. The molecule has 0 atom stereocenters. The molecule has 1 heterocycles. The molecule has 3 rings (SSSR count). The highest BCUT2D eigenvalue weighted by molar-refractivity contribution is 7.97. The van der Waals surface area contributed by atoms with Gasteiger partial charge in [0.2, 0.25) is 0 Å². The molecule has 1 aromatic heterocycles. The predicted molar refractivity (Wildman–Crippen MR) is 70.3 cm³/mol. The first-order valence-electron chi connectivity index (χ1n) is 5.91. The number of aromatic nitrogens is 2. The lowest BCUT2D eigenvalue weighted by Gasteiger charge is -2.06. The van der Waals surface area contributed by atoms with E-state index >= 15 is 0 Å². The van der Waals surface area contributed by atoms with Gasteiger partial charge in [-0.05, 0) is 67.5 Å². The summed E-state index contributed by atoms with van der Waals surface area (Å²) in [7, 11) is 0. The minimum atomic E-state index is 1.07. The number of hydrogen-bond acceptors (Lipinski definition) is 3. The molecule has 0 fully saturated rings. The van der Waals surface area contributed by atoms with Crippen LogP contribution in [-0.4, -0.2) is 9.78 Å². The summed E-state index contributed by atoms with van der Waals surface area (Å²) in [6.45, 7) is 0. The van der Waals surface area contributed by atoms with E-state index in [0.29, 0.717) is 0 Å². The van der Waals surface area contributed by atoms with Crippen LogP contribution < -0.4 is 5.14 Å². The van der Waals surface area contributed by atoms with E-state index in [2.05, 4.69) is 23.4 Å². The highest BCUT2D eigenvalue weighted by atomic mass is 32.2. The van der Waals surface area contributed by atoms with Gasteiger partial charge >= 0.3 is 0 Å². The van der Waals surface area contributed by atoms with Crippen LogP contribution >= 0.6 is 11.9 Å². The Kier molecular flexibility index (Phi) is 2.91. The Morgan fingerprint density at radius 1 is 1.12 bits per heavy atom. The van der Waals surface area contributed by atoms with Crippen LogP contribution in [0.15, 0.2) is 35.4 Å². The molecule has 1 aromatic carbocycles. The maximum Gasteiger partial charge on any atom is 0.0660 e. The van der Waals surface area contributed by atoms with E-state index in [4.69, 9.17) is 5.14 Å². The number of hydrogen-bond donors (Lipinski definition) is 1. The molecule has 2 aromatic rings. The van der Waals surface area contributed by atoms with Crippen molar-refractivity contribution < 1.29 is 0 Å². The fraction of sp³-hybridized carbons (Fsp3) is 0.308. The Hall–Kier alpha value is -1.26. The average molecular weight is 245 g/mol. The molecule has 0 saturated carbocycles. The van der Waals surface area contributed by atoms with E-state index in [1.165, 1.54) is 42.5 Å². The van der Waals surface area contributed by atoms with Crippen LogP contribution in [0.25, 0.3) is 5.69 Å². The molecule has 1 aliphatic rings. The maximum atomic E-state index is 5.51. The Morgan fingerprint density at radius 2 is 1.88 bits per heavy atom. The molecule has 0 radical (unpaired) electrons. The molecule has 3 nitrogen and oxygen atoms in total. The molecule has 0 bridgehead atoms. The van der Waals surface area contributed by atoms with E-state index in [-0.39, 0.29) is 0 Å². The molecule has 0 spiro atoms. The van der Waals surface area contributed by atoms with Crippen molar-refractivity contribution in [3.63, 3.8) is 0 Å². The van der Waals surface area contributed by atoms with E-state index in [9.17, 15) is 0 Å². The molecular weight excluding hydrogens is 230 g/mol. The minimum absolute atomic E-state index is 1.07. The lowest BCUT2D eigenvalue weighted by atomic mass is 9.99. The normalized spacial score (nSPS) is 14.6. The zero-order chi connectivity index (χ0) is 11.7. The van der Waals surface area contributed by atoms with Gasteiger partial charge in [0.05, 0.1) is 11.4 Å². The average Bonchev–Trinajstić information content (AvgIpc) is 2.82. The molecule has 17 heavy (non-hydrogen) atoms. The number of benzene rings is 1. The van der Waals surface area contributed by atoms with Gasteiger partial charge in [-0.3, -0.25) is 5.14 Å². The number of nitrogens with zero attached hydrogens (tertiary/aromatic N) is 2. The first-order valence-corrected chi connectivity index (χ1v) is 6.79. The van der Waals surface area contributed by atoms with Crippen LogP contribution in [0.5, 0.6) is 0 Å². The topological polar surface area (TPSA) is 43.8 Å². The monoisotopic (exact) mass is 245 g/mol. The smallest absolute Gasteiger partial charge is 0.0660 e. The quantitative estimate of drug-likeness (QED) is 0.827. The van der Waals surface area contributed by atoms with E-state index < -0.39 is 0 Å². The van der Waals surface area contributed by atoms with Gasteiger partial charge < -0.3 is 0 Å².